The molecule has 2 N–H and O–H groups in total. The van der Waals surface area contributed by atoms with Crippen molar-refractivity contribution in [3.8, 4) is 0 Å². The highest BCUT2D eigenvalue weighted by molar-refractivity contribution is 5.94. The molecule has 0 aromatic heterocycles. The Morgan fingerprint density at radius 3 is 2.30 bits per heavy atom. The fourth-order valence-corrected chi connectivity index (χ4v) is 2.08. The molecular weight excluding hydrogens is 254 g/mol. The van der Waals surface area contributed by atoms with Crippen LogP contribution in [0.2, 0.25) is 0 Å². The molecule has 20 heavy (non-hydrogen) atoms. The molecular formula is C15H21N3O2. The van der Waals surface area contributed by atoms with Gasteiger partial charge in [0.15, 0.2) is 0 Å². The minimum atomic E-state index is -0.0742. The zero-order valence-corrected chi connectivity index (χ0v) is 12.0. The van der Waals surface area contributed by atoms with Gasteiger partial charge in [0, 0.05) is 30.4 Å². The van der Waals surface area contributed by atoms with Gasteiger partial charge in [-0.1, -0.05) is 19.9 Å². The van der Waals surface area contributed by atoms with E-state index < -0.39 is 0 Å². The molecule has 0 bridgehead atoms. The van der Waals surface area contributed by atoms with Gasteiger partial charge in [0.2, 0.25) is 5.91 Å². The second-order valence-corrected chi connectivity index (χ2v) is 5.35. The van der Waals surface area contributed by atoms with Crippen LogP contribution in [0.25, 0.3) is 0 Å². The molecule has 1 heterocycles. The topological polar surface area (TPSA) is 61.4 Å². The number of anilines is 2. The summed E-state index contributed by atoms with van der Waals surface area (Å²) in [5.41, 5.74) is 1.39. The normalized spacial score (nSPS) is 14.4. The molecule has 0 atom stereocenters. The molecule has 2 rings (SSSR count). The molecule has 0 radical (unpaired) electrons. The highest BCUT2D eigenvalue weighted by Gasteiger charge is 2.17. The summed E-state index contributed by atoms with van der Waals surface area (Å²) in [6, 6.07) is 7.14. The van der Waals surface area contributed by atoms with Crippen molar-refractivity contribution in [1.82, 2.24) is 4.90 Å². The molecule has 108 valence electrons. The molecule has 1 fully saturated rings. The van der Waals surface area contributed by atoms with Gasteiger partial charge in [-0.05, 0) is 31.0 Å². The van der Waals surface area contributed by atoms with Crippen molar-refractivity contribution in [3.05, 3.63) is 24.3 Å². The Morgan fingerprint density at radius 2 is 1.70 bits per heavy atom. The molecule has 1 aromatic carbocycles. The maximum absolute atomic E-state index is 12.0. The first kappa shape index (κ1) is 14.4. The van der Waals surface area contributed by atoms with Crippen LogP contribution in [0, 0.1) is 5.92 Å². The van der Waals surface area contributed by atoms with Crippen LogP contribution in [0.3, 0.4) is 0 Å². The monoisotopic (exact) mass is 275 g/mol. The molecule has 0 unspecified atom stereocenters. The summed E-state index contributed by atoms with van der Waals surface area (Å²) in [5.74, 6) is -0.106. The summed E-state index contributed by atoms with van der Waals surface area (Å²) in [6.45, 7) is 5.31. The van der Waals surface area contributed by atoms with Crippen molar-refractivity contribution in [2.24, 2.45) is 5.92 Å². The molecule has 0 saturated carbocycles. The number of carbonyl (C=O) groups is 2. The van der Waals surface area contributed by atoms with Crippen molar-refractivity contribution >= 4 is 23.3 Å². The number of rotatable bonds is 3. The van der Waals surface area contributed by atoms with Gasteiger partial charge in [0.05, 0.1) is 0 Å². The molecule has 0 aliphatic carbocycles. The predicted molar refractivity (Wildman–Crippen MR) is 79.7 cm³/mol. The van der Waals surface area contributed by atoms with Crippen LogP contribution in [0.15, 0.2) is 24.3 Å². The third-order valence-corrected chi connectivity index (χ3v) is 3.30. The van der Waals surface area contributed by atoms with Crippen LogP contribution < -0.4 is 10.6 Å². The van der Waals surface area contributed by atoms with Crippen LogP contribution in [0.4, 0.5) is 16.2 Å². The van der Waals surface area contributed by atoms with Gasteiger partial charge in [-0.15, -0.1) is 0 Å². The number of likely N-dealkylation sites (tertiary alicyclic amines) is 1. The predicted octanol–water partition coefficient (Wildman–Crippen LogP) is 2.91. The zero-order chi connectivity index (χ0) is 14.5. The minimum Gasteiger partial charge on any atom is -0.326 e. The Balaban J connectivity index is 1.98. The SMILES string of the molecule is CC(C)C(=O)Nc1cccc(NC(=O)N2CCCC2)c1. The molecule has 5 heteroatoms. The number of carbonyl (C=O) groups excluding carboxylic acids is 2. The number of nitrogens with zero attached hydrogens (tertiary/aromatic N) is 1. The van der Waals surface area contributed by atoms with Crippen LogP contribution in [0.1, 0.15) is 26.7 Å². The quantitative estimate of drug-likeness (QED) is 0.891. The van der Waals surface area contributed by atoms with E-state index >= 15 is 0 Å². The van der Waals surface area contributed by atoms with E-state index in [0.717, 1.165) is 25.9 Å². The lowest BCUT2D eigenvalue weighted by atomic mass is 10.2. The van der Waals surface area contributed by atoms with E-state index in [4.69, 9.17) is 0 Å². The molecule has 1 aliphatic rings. The Labute approximate surface area is 119 Å². The average Bonchev–Trinajstić information content (AvgIpc) is 2.92. The van der Waals surface area contributed by atoms with Crippen LogP contribution in [-0.4, -0.2) is 29.9 Å². The van der Waals surface area contributed by atoms with E-state index in [1.807, 2.05) is 32.0 Å². The number of benzene rings is 1. The third-order valence-electron chi connectivity index (χ3n) is 3.30. The van der Waals surface area contributed by atoms with Gasteiger partial charge in [-0.3, -0.25) is 4.79 Å². The van der Waals surface area contributed by atoms with E-state index in [0.29, 0.717) is 11.4 Å². The lowest BCUT2D eigenvalue weighted by Crippen LogP contribution is -2.32. The summed E-state index contributed by atoms with van der Waals surface area (Å²) in [7, 11) is 0. The van der Waals surface area contributed by atoms with Crippen LogP contribution >= 0.6 is 0 Å². The Morgan fingerprint density at radius 1 is 1.10 bits per heavy atom. The van der Waals surface area contributed by atoms with E-state index in [-0.39, 0.29) is 17.9 Å². The number of nitrogens with one attached hydrogen (secondary N) is 2. The molecule has 1 saturated heterocycles. The molecule has 5 nitrogen and oxygen atoms in total. The molecule has 1 aromatic rings. The highest BCUT2D eigenvalue weighted by Crippen LogP contribution is 2.17. The lowest BCUT2D eigenvalue weighted by molar-refractivity contribution is -0.118. The summed E-state index contributed by atoms with van der Waals surface area (Å²) >= 11 is 0. The Hall–Kier alpha value is -2.04. The first-order valence-electron chi connectivity index (χ1n) is 7.03. The van der Waals surface area contributed by atoms with Crippen molar-refractivity contribution < 1.29 is 9.59 Å². The largest absolute Gasteiger partial charge is 0.326 e. The summed E-state index contributed by atoms with van der Waals surface area (Å²) in [4.78, 5) is 25.4. The van der Waals surface area contributed by atoms with Gasteiger partial charge < -0.3 is 15.5 Å². The van der Waals surface area contributed by atoms with Crippen molar-refractivity contribution in [2.75, 3.05) is 23.7 Å². The van der Waals surface area contributed by atoms with Crippen molar-refractivity contribution in [3.63, 3.8) is 0 Å². The second-order valence-electron chi connectivity index (χ2n) is 5.35. The fourth-order valence-electron chi connectivity index (χ4n) is 2.08. The lowest BCUT2D eigenvalue weighted by Gasteiger charge is -2.16. The van der Waals surface area contributed by atoms with Crippen molar-refractivity contribution in [1.29, 1.82) is 0 Å². The van der Waals surface area contributed by atoms with E-state index in [2.05, 4.69) is 10.6 Å². The maximum Gasteiger partial charge on any atom is 0.321 e. The summed E-state index contributed by atoms with van der Waals surface area (Å²) in [5, 5.41) is 5.68. The van der Waals surface area contributed by atoms with Crippen LogP contribution in [-0.2, 0) is 4.79 Å². The minimum absolute atomic E-state index is 0.0342. The standard InChI is InChI=1S/C15H21N3O2/c1-11(2)14(19)16-12-6-5-7-13(10-12)17-15(20)18-8-3-4-9-18/h5-7,10-11H,3-4,8-9H2,1-2H3,(H,16,19)(H,17,20). The van der Waals surface area contributed by atoms with Gasteiger partial charge in [0.25, 0.3) is 0 Å². The molecule has 0 spiro atoms. The first-order chi connectivity index (χ1) is 9.56. The van der Waals surface area contributed by atoms with Gasteiger partial charge in [0.1, 0.15) is 0 Å². The molecule has 3 amide bonds. The summed E-state index contributed by atoms with van der Waals surface area (Å²) in [6.07, 6.45) is 2.13. The first-order valence-corrected chi connectivity index (χ1v) is 7.03. The average molecular weight is 275 g/mol. The van der Waals surface area contributed by atoms with Gasteiger partial charge >= 0.3 is 6.03 Å². The second kappa shape index (κ2) is 6.41. The van der Waals surface area contributed by atoms with E-state index in [9.17, 15) is 9.59 Å². The number of urea groups is 1. The molecule has 1 aliphatic heterocycles. The van der Waals surface area contributed by atoms with E-state index in [1.54, 1.807) is 11.0 Å². The van der Waals surface area contributed by atoms with Crippen molar-refractivity contribution in [2.45, 2.75) is 26.7 Å². The summed E-state index contributed by atoms with van der Waals surface area (Å²) < 4.78 is 0. The number of hydrogen-bond acceptors (Lipinski definition) is 2. The third kappa shape index (κ3) is 3.73. The highest BCUT2D eigenvalue weighted by atomic mass is 16.2. The Bertz CT molecular complexity index is 494. The zero-order valence-electron chi connectivity index (χ0n) is 12.0. The van der Waals surface area contributed by atoms with Gasteiger partial charge in [-0.2, -0.15) is 0 Å². The number of amides is 3. The van der Waals surface area contributed by atoms with Gasteiger partial charge in [-0.25, -0.2) is 4.79 Å². The maximum atomic E-state index is 12.0. The Kier molecular flexibility index (Phi) is 4.61. The fraction of sp³-hybridized carbons (Fsp3) is 0.467. The van der Waals surface area contributed by atoms with Crippen LogP contribution in [0.5, 0.6) is 0 Å². The van der Waals surface area contributed by atoms with E-state index in [1.165, 1.54) is 0 Å². The smallest absolute Gasteiger partial charge is 0.321 e. The number of hydrogen-bond donors (Lipinski definition) is 2.